The van der Waals surface area contributed by atoms with Crippen LogP contribution in [0.1, 0.15) is 19.4 Å². The van der Waals surface area contributed by atoms with E-state index in [1.54, 1.807) is 0 Å². The molecule has 0 unspecified atom stereocenters. The molecule has 0 saturated carbocycles. The van der Waals surface area contributed by atoms with Crippen LogP contribution in [0.3, 0.4) is 0 Å². The molecule has 13 heavy (non-hydrogen) atoms. The second-order valence-electron chi connectivity index (χ2n) is 3.59. The molecule has 2 heteroatoms. The second kappa shape index (κ2) is 5.73. The molecule has 0 fully saturated rings. The van der Waals surface area contributed by atoms with Gasteiger partial charge in [-0.2, -0.15) is 0 Å². The van der Waals surface area contributed by atoms with Crippen molar-refractivity contribution >= 4 is 0 Å². The predicted octanol–water partition coefficient (Wildman–Crippen LogP) is 1.72. The van der Waals surface area contributed by atoms with E-state index in [2.05, 4.69) is 5.32 Å². The molecule has 0 aliphatic carbocycles. The van der Waals surface area contributed by atoms with Crippen molar-refractivity contribution in [3.63, 3.8) is 0 Å². The number of rotatable bonds is 1. The molecule has 0 aromatic heterocycles. The van der Waals surface area contributed by atoms with Crippen LogP contribution in [0.15, 0.2) is 30.3 Å². The summed E-state index contributed by atoms with van der Waals surface area (Å²) in [6, 6.07) is 10.1. The van der Waals surface area contributed by atoms with E-state index in [1.807, 2.05) is 58.3 Å². The van der Waals surface area contributed by atoms with Crippen LogP contribution in [0, 0.1) is 0 Å². The Morgan fingerprint density at radius 1 is 1.08 bits per heavy atom. The van der Waals surface area contributed by atoms with E-state index in [0.29, 0.717) is 0 Å². The zero-order valence-corrected chi connectivity index (χ0v) is 8.96. The summed E-state index contributed by atoms with van der Waals surface area (Å²) < 4.78 is 0. The SMILES string of the molecule is CC(C)(N)c1ccccc1.CNC. The van der Waals surface area contributed by atoms with Crippen molar-refractivity contribution in [2.24, 2.45) is 5.73 Å². The molecule has 3 N–H and O–H groups in total. The highest BCUT2D eigenvalue weighted by molar-refractivity contribution is 5.21. The summed E-state index contributed by atoms with van der Waals surface area (Å²) >= 11 is 0. The molecule has 1 aromatic rings. The Labute approximate surface area is 81.2 Å². The van der Waals surface area contributed by atoms with Gasteiger partial charge in [0, 0.05) is 5.54 Å². The first-order chi connectivity index (χ1) is 6.02. The maximum Gasteiger partial charge on any atom is 0.0352 e. The zero-order valence-electron chi connectivity index (χ0n) is 8.96. The number of nitrogens with one attached hydrogen (secondary N) is 1. The first-order valence-corrected chi connectivity index (χ1v) is 4.45. The van der Waals surface area contributed by atoms with Gasteiger partial charge in [-0.1, -0.05) is 30.3 Å². The minimum absolute atomic E-state index is 0.207. The summed E-state index contributed by atoms with van der Waals surface area (Å²) in [7, 11) is 3.75. The van der Waals surface area contributed by atoms with E-state index in [1.165, 1.54) is 5.56 Å². The fourth-order valence-electron chi connectivity index (χ4n) is 0.868. The average Bonchev–Trinajstić information content (AvgIpc) is 2.06. The molecule has 0 amide bonds. The summed E-state index contributed by atoms with van der Waals surface area (Å²) in [5.41, 5.74) is 6.83. The molecule has 2 nitrogen and oxygen atoms in total. The van der Waals surface area contributed by atoms with Gasteiger partial charge < -0.3 is 11.1 Å². The van der Waals surface area contributed by atoms with Crippen LogP contribution >= 0.6 is 0 Å². The Bertz CT molecular complexity index is 211. The third-order valence-electron chi connectivity index (χ3n) is 1.52. The highest BCUT2D eigenvalue weighted by Crippen LogP contribution is 2.14. The predicted molar refractivity (Wildman–Crippen MR) is 58.6 cm³/mol. The smallest absolute Gasteiger partial charge is 0.0352 e. The number of nitrogens with two attached hydrogens (primary N) is 1. The van der Waals surface area contributed by atoms with Crippen LogP contribution in [0.25, 0.3) is 0 Å². The molecular weight excluding hydrogens is 160 g/mol. The van der Waals surface area contributed by atoms with Gasteiger partial charge in [0.2, 0.25) is 0 Å². The first kappa shape index (κ1) is 12.1. The number of hydrogen-bond acceptors (Lipinski definition) is 2. The highest BCUT2D eigenvalue weighted by Gasteiger charge is 2.11. The molecular formula is C11H20N2. The Morgan fingerprint density at radius 2 is 1.46 bits per heavy atom. The van der Waals surface area contributed by atoms with Gasteiger partial charge in [0.1, 0.15) is 0 Å². The molecule has 0 saturated heterocycles. The van der Waals surface area contributed by atoms with Gasteiger partial charge in [-0.25, -0.2) is 0 Å². The van der Waals surface area contributed by atoms with Crippen molar-refractivity contribution in [2.75, 3.05) is 14.1 Å². The Kier molecular flexibility index (Phi) is 5.35. The Morgan fingerprint density at radius 3 is 1.69 bits per heavy atom. The van der Waals surface area contributed by atoms with Gasteiger partial charge >= 0.3 is 0 Å². The molecule has 1 aromatic carbocycles. The van der Waals surface area contributed by atoms with E-state index < -0.39 is 0 Å². The lowest BCUT2D eigenvalue weighted by molar-refractivity contribution is 0.554. The van der Waals surface area contributed by atoms with E-state index in [4.69, 9.17) is 5.73 Å². The van der Waals surface area contributed by atoms with Crippen LogP contribution in [0.4, 0.5) is 0 Å². The molecule has 0 spiro atoms. The molecule has 0 aliphatic rings. The maximum atomic E-state index is 5.86. The Balaban J connectivity index is 0.000000424. The molecule has 74 valence electrons. The van der Waals surface area contributed by atoms with Crippen LogP contribution < -0.4 is 11.1 Å². The fraction of sp³-hybridized carbons (Fsp3) is 0.455. The monoisotopic (exact) mass is 180 g/mol. The molecule has 0 bridgehead atoms. The lowest BCUT2D eigenvalue weighted by Gasteiger charge is -2.18. The van der Waals surface area contributed by atoms with Crippen LogP contribution in [-0.2, 0) is 5.54 Å². The van der Waals surface area contributed by atoms with Gasteiger partial charge in [0.25, 0.3) is 0 Å². The van der Waals surface area contributed by atoms with E-state index in [-0.39, 0.29) is 5.54 Å². The second-order valence-corrected chi connectivity index (χ2v) is 3.59. The third-order valence-corrected chi connectivity index (χ3v) is 1.52. The van der Waals surface area contributed by atoms with Crippen molar-refractivity contribution in [1.82, 2.24) is 5.32 Å². The summed E-state index contributed by atoms with van der Waals surface area (Å²) in [6.45, 7) is 4.00. The van der Waals surface area contributed by atoms with Gasteiger partial charge in [-0.15, -0.1) is 0 Å². The van der Waals surface area contributed by atoms with Gasteiger partial charge in [-0.3, -0.25) is 0 Å². The fourth-order valence-corrected chi connectivity index (χ4v) is 0.868. The van der Waals surface area contributed by atoms with Gasteiger partial charge in [-0.05, 0) is 33.5 Å². The van der Waals surface area contributed by atoms with Crippen molar-refractivity contribution in [3.8, 4) is 0 Å². The molecule has 0 heterocycles. The van der Waals surface area contributed by atoms with Crippen molar-refractivity contribution in [1.29, 1.82) is 0 Å². The minimum atomic E-state index is -0.207. The first-order valence-electron chi connectivity index (χ1n) is 4.45. The molecule has 0 radical (unpaired) electrons. The summed E-state index contributed by atoms with van der Waals surface area (Å²) in [5, 5.41) is 2.75. The number of benzene rings is 1. The third kappa shape index (κ3) is 5.39. The highest BCUT2D eigenvalue weighted by atomic mass is 14.7. The van der Waals surface area contributed by atoms with Crippen molar-refractivity contribution < 1.29 is 0 Å². The lowest BCUT2D eigenvalue weighted by Crippen LogP contribution is -2.28. The van der Waals surface area contributed by atoms with Crippen molar-refractivity contribution in [2.45, 2.75) is 19.4 Å². The molecule has 0 atom stereocenters. The van der Waals surface area contributed by atoms with E-state index in [9.17, 15) is 0 Å². The maximum absolute atomic E-state index is 5.86. The Hall–Kier alpha value is -0.860. The quantitative estimate of drug-likeness (QED) is 0.690. The lowest BCUT2D eigenvalue weighted by atomic mass is 9.96. The summed E-state index contributed by atoms with van der Waals surface area (Å²) in [4.78, 5) is 0. The van der Waals surface area contributed by atoms with Crippen molar-refractivity contribution in [3.05, 3.63) is 35.9 Å². The van der Waals surface area contributed by atoms with Crippen LogP contribution in [0.5, 0.6) is 0 Å². The van der Waals surface area contributed by atoms with E-state index >= 15 is 0 Å². The van der Waals surface area contributed by atoms with Crippen LogP contribution in [0.2, 0.25) is 0 Å². The van der Waals surface area contributed by atoms with Crippen LogP contribution in [-0.4, -0.2) is 14.1 Å². The van der Waals surface area contributed by atoms with Gasteiger partial charge in [0.15, 0.2) is 0 Å². The largest absolute Gasteiger partial charge is 0.323 e. The normalized spacial score (nSPS) is 10.2. The standard InChI is InChI=1S/C9H13N.C2H7N/c1-9(2,10)8-6-4-3-5-7-8;1-3-2/h3-7H,10H2,1-2H3;3H,1-2H3. The minimum Gasteiger partial charge on any atom is -0.323 e. The summed E-state index contributed by atoms with van der Waals surface area (Å²) in [5.74, 6) is 0. The van der Waals surface area contributed by atoms with Gasteiger partial charge in [0.05, 0.1) is 0 Å². The molecule has 1 rings (SSSR count). The molecule has 0 aliphatic heterocycles. The average molecular weight is 180 g/mol. The van der Waals surface area contributed by atoms with E-state index in [0.717, 1.165) is 0 Å². The topological polar surface area (TPSA) is 38.0 Å². The summed E-state index contributed by atoms with van der Waals surface area (Å²) in [6.07, 6.45) is 0. The number of hydrogen-bond donors (Lipinski definition) is 2. The zero-order chi connectivity index (χ0) is 10.3.